The van der Waals surface area contributed by atoms with E-state index >= 15 is 0 Å². The Kier molecular flexibility index (Phi) is 5.83. The second-order valence-electron chi connectivity index (χ2n) is 4.97. The number of anilines is 2. The van der Waals surface area contributed by atoms with Gasteiger partial charge < -0.3 is 10.0 Å². The Balaban J connectivity index is 2.00. The van der Waals surface area contributed by atoms with E-state index in [0.29, 0.717) is 0 Å². The molecule has 0 radical (unpaired) electrons. The lowest BCUT2D eigenvalue weighted by Gasteiger charge is -2.09. The first-order chi connectivity index (χ1) is 10.6. The second kappa shape index (κ2) is 7.84. The maximum atomic E-state index is 13.6. The van der Waals surface area contributed by atoms with Crippen molar-refractivity contribution in [1.82, 2.24) is 0 Å². The highest BCUT2D eigenvalue weighted by Crippen LogP contribution is 2.25. The molecule has 0 spiro atoms. The molecule has 0 fully saturated rings. The molecule has 0 aromatic heterocycles. The van der Waals surface area contributed by atoms with Crippen LogP contribution in [-0.2, 0) is 11.2 Å². The number of benzene rings is 2. The lowest BCUT2D eigenvalue weighted by molar-refractivity contribution is -0.114. The van der Waals surface area contributed by atoms with Gasteiger partial charge in [0.05, 0.1) is 5.69 Å². The first kappa shape index (κ1) is 16.4. The van der Waals surface area contributed by atoms with Crippen LogP contribution in [0.1, 0.15) is 25.8 Å². The van der Waals surface area contributed by atoms with E-state index in [9.17, 15) is 9.18 Å². The fourth-order valence-corrected chi connectivity index (χ4v) is 2.64. The quantitative estimate of drug-likeness (QED) is 0.748. The summed E-state index contributed by atoms with van der Waals surface area (Å²) in [6.07, 6.45) is 2.21. The molecule has 2 aromatic rings. The summed E-state index contributed by atoms with van der Waals surface area (Å²) in [5, 5.41) is 2.47. The summed E-state index contributed by atoms with van der Waals surface area (Å²) in [6.45, 7) is 3.51. The van der Waals surface area contributed by atoms with Gasteiger partial charge in [-0.1, -0.05) is 25.5 Å². The third-order valence-electron chi connectivity index (χ3n) is 3.03. The number of aryl methyl sites for hydroxylation is 1. The Bertz CT molecular complexity index is 644. The van der Waals surface area contributed by atoms with Crippen molar-refractivity contribution in [1.29, 1.82) is 0 Å². The van der Waals surface area contributed by atoms with E-state index in [1.807, 2.05) is 0 Å². The number of hydrogen-bond acceptors (Lipinski definition) is 3. The van der Waals surface area contributed by atoms with Crippen LogP contribution in [0, 0.1) is 5.82 Å². The van der Waals surface area contributed by atoms with Gasteiger partial charge in [0.25, 0.3) is 0 Å². The SMILES string of the molecule is CCCc1ccc(SNc2ccc(F)c(NC(C)=O)c2)cc1. The van der Waals surface area contributed by atoms with Gasteiger partial charge in [-0.25, -0.2) is 4.39 Å². The molecule has 2 aromatic carbocycles. The number of hydrogen-bond donors (Lipinski definition) is 2. The monoisotopic (exact) mass is 318 g/mol. The van der Waals surface area contributed by atoms with E-state index in [4.69, 9.17) is 0 Å². The molecule has 0 heterocycles. The highest BCUT2D eigenvalue weighted by molar-refractivity contribution is 8.00. The van der Waals surface area contributed by atoms with Crippen LogP contribution in [0.25, 0.3) is 0 Å². The molecule has 1 amide bonds. The summed E-state index contributed by atoms with van der Waals surface area (Å²) in [7, 11) is 0. The molecule has 0 aliphatic heterocycles. The fraction of sp³-hybridized carbons (Fsp3) is 0.235. The van der Waals surface area contributed by atoms with Gasteiger partial charge in [-0.2, -0.15) is 0 Å². The molecule has 2 N–H and O–H groups in total. The largest absolute Gasteiger partial charge is 0.326 e. The second-order valence-corrected chi connectivity index (χ2v) is 5.85. The minimum Gasteiger partial charge on any atom is -0.326 e. The van der Waals surface area contributed by atoms with Crippen molar-refractivity contribution < 1.29 is 9.18 Å². The number of halogens is 1. The van der Waals surface area contributed by atoms with Crippen molar-refractivity contribution in [2.45, 2.75) is 31.6 Å². The van der Waals surface area contributed by atoms with Crippen LogP contribution in [0.15, 0.2) is 47.4 Å². The summed E-state index contributed by atoms with van der Waals surface area (Å²) in [4.78, 5) is 12.1. The zero-order valence-corrected chi connectivity index (χ0v) is 13.5. The Morgan fingerprint density at radius 2 is 1.91 bits per heavy atom. The predicted octanol–water partition coefficient (Wildman–Crippen LogP) is 4.86. The molecular weight excluding hydrogens is 299 g/mol. The Labute approximate surface area is 134 Å². The van der Waals surface area contributed by atoms with Gasteiger partial charge >= 0.3 is 0 Å². The molecule has 5 heteroatoms. The van der Waals surface area contributed by atoms with Gasteiger partial charge in [0, 0.05) is 17.5 Å². The van der Waals surface area contributed by atoms with Crippen molar-refractivity contribution in [2.75, 3.05) is 10.0 Å². The first-order valence-corrected chi connectivity index (χ1v) is 7.99. The predicted molar refractivity (Wildman–Crippen MR) is 90.6 cm³/mol. The van der Waals surface area contributed by atoms with Crippen LogP contribution in [0.5, 0.6) is 0 Å². The average Bonchev–Trinajstić information content (AvgIpc) is 2.49. The minimum absolute atomic E-state index is 0.177. The van der Waals surface area contributed by atoms with Crippen molar-refractivity contribution in [3.8, 4) is 0 Å². The Morgan fingerprint density at radius 1 is 1.18 bits per heavy atom. The zero-order chi connectivity index (χ0) is 15.9. The van der Waals surface area contributed by atoms with Crippen molar-refractivity contribution in [3.63, 3.8) is 0 Å². The van der Waals surface area contributed by atoms with Crippen LogP contribution >= 0.6 is 11.9 Å². The van der Waals surface area contributed by atoms with E-state index < -0.39 is 5.82 Å². The van der Waals surface area contributed by atoms with Gasteiger partial charge in [0.2, 0.25) is 5.91 Å². The summed E-state index contributed by atoms with van der Waals surface area (Å²) in [5.41, 5.74) is 2.23. The van der Waals surface area contributed by atoms with Gasteiger partial charge in [-0.3, -0.25) is 4.79 Å². The van der Waals surface area contributed by atoms with Crippen LogP contribution in [0.2, 0.25) is 0 Å². The topological polar surface area (TPSA) is 41.1 Å². The maximum absolute atomic E-state index is 13.6. The summed E-state index contributed by atoms with van der Waals surface area (Å²) < 4.78 is 16.7. The smallest absolute Gasteiger partial charge is 0.221 e. The van der Waals surface area contributed by atoms with E-state index in [0.717, 1.165) is 23.4 Å². The Morgan fingerprint density at radius 3 is 2.55 bits per heavy atom. The van der Waals surface area contributed by atoms with Gasteiger partial charge in [0.15, 0.2) is 0 Å². The zero-order valence-electron chi connectivity index (χ0n) is 12.7. The lowest BCUT2D eigenvalue weighted by Crippen LogP contribution is -2.07. The van der Waals surface area contributed by atoms with Crippen molar-refractivity contribution in [3.05, 3.63) is 53.8 Å². The fourth-order valence-electron chi connectivity index (χ4n) is 2.00. The lowest BCUT2D eigenvalue weighted by atomic mass is 10.1. The molecule has 0 bridgehead atoms. The minimum atomic E-state index is -0.449. The molecule has 22 heavy (non-hydrogen) atoms. The molecule has 0 atom stereocenters. The average molecular weight is 318 g/mol. The molecule has 116 valence electrons. The molecule has 0 saturated heterocycles. The molecule has 0 saturated carbocycles. The number of carbonyl (C=O) groups excluding carboxylic acids is 1. The Hall–Kier alpha value is -2.01. The van der Waals surface area contributed by atoms with Crippen LogP contribution < -0.4 is 10.0 Å². The normalized spacial score (nSPS) is 10.3. The van der Waals surface area contributed by atoms with Crippen molar-refractivity contribution >= 4 is 29.2 Å². The summed E-state index contributed by atoms with van der Waals surface area (Å²) in [5.74, 6) is -0.745. The molecule has 0 aliphatic carbocycles. The first-order valence-electron chi connectivity index (χ1n) is 7.17. The maximum Gasteiger partial charge on any atom is 0.221 e. The van der Waals surface area contributed by atoms with E-state index in [1.54, 1.807) is 12.1 Å². The van der Waals surface area contributed by atoms with Crippen LogP contribution in [0.3, 0.4) is 0 Å². The van der Waals surface area contributed by atoms with E-state index in [-0.39, 0.29) is 11.6 Å². The van der Waals surface area contributed by atoms with Gasteiger partial charge in [-0.15, -0.1) is 0 Å². The molecule has 3 nitrogen and oxygen atoms in total. The van der Waals surface area contributed by atoms with Crippen molar-refractivity contribution in [2.24, 2.45) is 0 Å². The molecule has 0 unspecified atom stereocenters. The van der Waals surface area contributed by atoms with Crippen LogP contribution in [-0.4, -0.2) is 5.91 Å². The molecular formula is C17H19FN2OS. The summed E-state index contributed by atoms with van der Waals surface area (Å²) >= 11 is 1.45. The third kappa shape index (κ3) is 4.77. The van der Waals surface area contributed by atoms with Gasteiger partial charge in [0.1, 0.15) is 5.82 Å². The van der Waals surface area contributed by atoms with E-state index in [2.05, 4.69) is 41.2 Å². The number of rotatable bonds is 6. The standard InChI is InChI=1S/C17H19FN2OS/c1-3-4-13-5-8-15(9-6-13)22-20-14-7-10-16(18)17(11-14)19-12(2)21/h5-11,20H,3-4H2,1-2H3,(H,19,21). The van der Waals surface area contributed by atoms with Gasteiger partial charge in [-0.05, 0) is 54.3 Å². The van der Waals surface area contributed by atoms with E-state index in [1.165, 1.54) is 30.5 Å². The molecule has 2 rings (SSSR count). The molecule has 0 aliphatic rings. The third-order valence-corrected chi connectivity index (χ3v) is 3.87. The highest BCUT2D eigenvalue weighted by Gasteiger charge is 2.05. The summed E-state index contributed by atoms with van der Waals surface area (Å²) in [6, 6.07) is 12.9. The van der Waals surface area contributed by atoms with Crippen LogP contribution in [0.4, 0.5) is 15.8 Å². The number of amides is 1. The number of carbonyl (C=O) groups is 1. The number of nitrogens with one attached hydrogen (secondary N) is 2. The highest BCUT2D eigenvalue weighted by atomic mass is 32.2.